The Morgan fingerprint density at radius 3 is 2.61 bits per heavy atom. The minimum absolute atomic E-state index is 0.0442. The normalized spacial score (nSPS) is 17.9. The van der Waals surface area contributed by atoms with Gasteiger partial charge in [0, 0.05) is 66.7 Å². The van der Waals surface area contributed by atoms with E-state index in [2.05, 4.69) is 35.8 Å². The number of rotatable bonds is 14. The van der Waals surface area contributed by atoms with Gasteiger partial charge in [-0.1, -0.05) is 49.9 Å². The minimum Gasteiger partial charge on any atom is -0.483 e. The van der Waals surface area contributed by atoms with E-state index in [0.29, 0.717) is 55.8 Å². The highest BCUT2D eigenvalue weighted by Gasteiger charge is 2.31. The molecule has 10 heteroatoms. The Kier molecular flexibility index (Phi) is 13.3. The predicted molar refractivity (Wildman–Crippen MR) is 180 cm³/mol. The van der Waals surface area contributed by atoms with Gasteiger partial charge in [-0.2, -0.15) is 0 Å². The molecule has 1 saturated heterocycles. The van der Waals surface area contributed by atoms with Crippen molar-refractivity contribution in [2.24, 2.45) is 0 Å². The van der Waals surface area contributed by atoms with E-state index in [1.807, 2.05) is 57.0 Å². The fraction of sp³-hybridized carbons (Fsp3) is 0.412. The fourth-order valence-electron chi connectivity index (χ4n) is 5.26. The lowest BCUT2D eigenvalue weighted by atomic mass is 10.1. The highest BCUT2D eigenvalue weighted by molar-refractivity contribution is 7.58. The first kappa shape index (κ1) is 35.6. The second kappa shape index (κ2) is 16.4. The van der Waals surface area contributed by atoms with Crippen LogP contribution in [0.15, 0.2) is 74.1 Å². The average Bonchev–Trinajstić information content (AvgIpc) is 3.52. The van der Waals surface area contributed by atoms with Crippen molar-refractivity contribution < 1.29 is 22.6 Å². The van der Waals surface area contributed by atoms with E-state index in [9.17, 15) is 13.3 Å². The van der Waals surface area contributed by atoms with Gasteiger partial charge in [-0.3, -0.25) is 9.46 Å². The van der Waals surface area contributed by atoms with Crippen LogP contribution in [0.2, 0.25) is 5.02 Å². The summed E-state index contributed by atoms with van der Waals surface area (Å²) in [6.45, 7) is 19.5. The number of halogens is 3. The van der Waals surface area contributed by atoms with Crippen molar-refractivity contribution in [2.45, 2.75) is 58.9 Å². The number of allylic oxidation sites excluding steroid dienone is 2. The highest BCUT2D eigenvalue weighted by atomic mass is 35.5. The molecule has 1 fully saturated rings. The number of alkyl halides is 1. The van der Waals surface area contributed by atoms with Crippen molar-refractivity contribution in [3.8, 4) is 5.75 Å². The summed E-state index contributed by atoms with van der Waals surface area (Å²) in [5.41, 5.74) is 4.38. The van der Waals surface area contributed by atoms with Crippen LogP contribution in [0.3, 0.4) is 0 Å². The average molecular weight is 648 g/mol. The number of fused-ring (bicyclic) bond motifs is 1. The molecule has 0 saturated carbocycles. The van der Waals surface area contributed by atoms with Gasteiger partial charge < -0.3 is 19.1 Å². The predicted octanol–water partition coefficient (Wildman–Crippen LogP) is 9.05. The van der Waals surface area contributed by atoms with E-state index < -0.39 is 19.4 Å². The number of likely N-dealkylation sites (N-methyl/N-ethyl adjacent to an activating group) is 1. The van der Waals surface area contributed by atoms with E-state index in [4.69, 9.17) is 20.9 Å². The van der Waals surface area contributed by atoms with Gasteiger partial charge in [0.25, 0.3) is 0 Å². The molecule has 0 aliphatic carbocycles. The van der Waals surface area contributed by atoms with Crippen molar-refractivity contribution in [1.82, 2.24) is 14.8 Å². The first-order valence-corrected chi connectivity index (χ1v) is 17.2. The molecule has 1 N–H and O–H groups in total. The van der Waals surface area contributed by atoms with Crippen LogP contribution in [0, 0.1) is 5.82 Å². The molecule has 0 spiro atoms. The molecule has 6 nitrogen and oxygen atoms in total. The zero-order valence-corrected chi connectivity index (χ0v) is 27.9. The molecule has 1 aliphatic heterocycles. The molecule has 44 heavy (non-hydrogen) atoms. The van der Waals surface area contributed by atoms with Gasteiger partial charge >= 0.3 is 0 Å². The first-order valence-electron chi connectivity index (χ1n) is 14.9. The highest BCUT2D eigenvalue weighted by Crippen LogP contribution is 2.47. The molecular formula is C34H45ClF2N3O3P. The molecule has 3 aromatic rings. The van der Waals surface area contributed by atoms with Crippen LogP contribution in [-0.4, -0.2) is 54.4 Å². The zero-order valence-electron chi connectivity index (χ0n) is 26.3. The molecule has 0 bridgehead atoms. The maximum absolute atomic E-state index is 13.7. The number of hydrogen-bond donors (Lipinski definition) is 1. The molecule has 4 rings (SSSR count). The second-order valence-electron chi connectivity index (χ2n) is 11.1. The SMILES string of the molecule is C=C(NCc1cccc(Cl)c1F)[C@@H]1C[C@@H](F)CN1C.C=CCn1cc(C(=C)C)c2ccc(OCP(=O)(CCC)OCC)cc21. The van der Waals surface area contributed by atoms with E-state index in [1.165, 1.54) is 6.07 Å². The first-order chi connectivity index (χ1) is 20.9. The smallest absolute Gasteiger partial charge is 0.239 e. The van der Waals surface area contributed by atoms with Crippen LogP contribution in [0.5, 0.6) is 5.75 Å². The maximum Gasteiger partial charge on any atom is 0.239 e. The Hall–Kier alpha value is -2.90. The van der Waals surface area contributed by atoms with Crippen LogP contribution in [0.25, 0.3) is 16.5 Å². The molecule has 1 unspecified atom stereocenters. The Bertz CT molecular complexity index is 1500. The molecular weight excluding hydrogens is 603 g/mol. The van der Waals surface area contributed by atoms with Gasteiger partial charge in [-0.15, -0.1) is 6.58 Å². The van der Waals surface area contributed by atoms with Crippen LogP contribution >= 0.6 is 19.0 Å². The summed E-state index contributed by atoms with van der Waals surface area (Å²) in [6.07, 6.45) is 5.01. The van der Waals surface area contributed by atoms with Crippen LogP contribution in [0.1, 0.15) is 44.7 Å². The largest absolute Gasteiger partial charge is 0.483 e. The number of benzene rings is 2. The van der Waals surface area contributed by atoms with Gasteiger partial charge in [-0.05, 0) is 51.1 Å². The number of ether oxygens (including phenoxy) is 1. The van der Waals surface area contributed by atoms with Crippen molar-refractivity contribution in [3.63, 3.8) is 0 Å². The van der Waals surface area contributed by atoms with Gasteiger partial charge in [0.05, 0.1) is 23.2 Å². The maximum atomic E-state index is 13.7. The number of nitrogens with zero attached hydrogens (tertiary/aromatic N) is 2. The third kappa shape index (κ3) is 9.31. The van der Waals surface area contributed by atoms with Gasteiger partial charge in [0.1, 0.15) is 17.7 Å². The molecule has 2 aromatic carbocycles. The van der Waals surface area contributed by atoms with Gasteiger partial charge in [0.2, 0.25) is 7.37 Å². The van der Waals surface area contributed by atoms with E-state index in [0.717, 1.165) is 28.5 Å². The lowest BCUT2D eigenvalue weighted by Gasteiger charge is -2.22. The van der Waals surface area contributed by atoms with Crippen LogP contribution < -0.4 is 10.1 Å². The fourth-order valence-corrected chi connectivity index (χ4v) is 7.29. The second-order valence-corrected chi connectivity index (χ2v) is 14.1. The van der Waals surface area contributed by atoms with Gasteiger partial charge in [0.15, 0.2) is 6.35 Å². The Morgan fingerprint density at radius 2 is 2.00 bits per heavy atom. The lowest BCUT2D eigenvalue weighted by molar-refractivity contribution is 0.293. The topological polar surface area (TPSA) is 55.7 Å². The number of nitrogens with one attached hydrogen (secondary N) is 1. The monoisotopic (exact) mass is 647 g/mol. The molecule has 240 valence electrons. The number of aromatic nitrogens is 1. The minimum atomic E-state index is -2.74. The summed E-state index contributed by atoms with van der Waals surface area (Å²) in [6, 6.07) is 10.7. The summed E-state index contributed by atoms with van der Waals surface area (Å²) >= 11 is 5.72. The summed E-state index contributed by atoms with van der Waals surface area (Å²) < 4.78 is 53.1. The van der Waals surface area contributed by atoms with Crippen LogP contribution in [-0.2, 0) is 22.2 Å². The van der Waals surface area contributed by atoms with E-state index in [-0.39, 0.29) is 17.4 Å². The third-order valence-corrected chi connectivity index (χ3v) is 10.1. The zero-order chi connectivity index (χ0) is 32.4. The van der Waals surface area contributed by atoms with Crippen molar-refractivity contribution in [1.29, 1.82) is 0 Å². The van der Waals surface area contributed by atoms with Crippen molar-refractivity contribution in [2.75, 3.05) is 32.7 Å². The molecule has 0 radical (unpaired) electrons. The third-order valence-electron chi connectivity index (χ3n) is 7.43. The molecule has 1 aliphatic rings. The van der Waals surface area contributed by atoms with Crippen molar-refractivity contribution >= 4 is 35.4 Å². The van der Waals surface area contributed by atoms with Gasteiger partial charge in [-0.25, -0.2) is 8.78 Å². The summed E-state index contributed by atoms with van der Waals surface area (Å²) in [5, 5.41) is 4.29. The molecule has 2 heterocycles. The van der Waals surface area contributed by atoms with Crippen molar-refractivity contribution in [3.05, 3.63) is 96.1 Å². The Balaban J connectivity index is 0.000000249. The van der Waals surface area contributed by atoms with E-state index in [1.54, 1.807) is 12.1 Å². The van der Waals surface area contributed by atoms with Crippen LogP contribution in [0.4, 0.5) is 8.78 Å². The summed E-state index contributed by atoms with van der Waals surface area (Å²) in [5.74, 6) is 0.271. The molecule has 0 amide bonds. The molecule has 3 atom stereocenters. The Morgan fingerprint density at radius 1 is 1.25 bits per heavy atom. The summed E-state index contributed by atoms with van der Waals surface area (Å²) in [4.78, 5) is 1.91. The summed E-state index contributed by atoms with van der Waals surface area (Å²) in [7, 11) is -0.881. The standard InChI is InChI=1S/C20H28NO3P.C14H17ClF2N2/c1-6-11-21-14-19(16(4)5)18-10-9-17(13-20(18)21)23-15-25(22,12-7-2)24-8-3;1-9(13-6-11(16)8-19(13)2)18-7-10-4-3-5-12(15)14(10)17/h6,9-10,13-14H,1,4,7-8,11-12,15H2,2-3,5H3;3-5,11,13,18H,1,6-8H2,2H3/t;11-,13+/m.1/s1. The lowest BCUT2D eigenvalue weighted by Crippen LogP contribution is -2.32. The molecule has 1 aromatic heterocycles. The van der Waals surface area contributed by atoms with E-state index >= 15 is 0 Å². The number of hydrogen-bond acceptors (Lipinski definition) is 5. The quantitative estimate of drug-likeness (QED) is 0.140. The Labute approximate surface area is 265 Å². The number of likely N-dealkylation sites (tertiary alicyclic amines) is 1.